The first-order valence-corrected chi connectivity index (χ1v) is 6.96. The number of piperidine rings is 1. The Hall–Kier alpha value is -2.37. The predicted molar refractivity (Wildman–Crippen MR) is 79.1 cm³/mol. The van der Waals surface area contributed by atoms with Crippen LogP contribution in [0.15, 0.2) is 24.3 Å². The van der Waals surface area contributed by atoms with Gasteiger partial charge in [-0.2, -0.15) is 0 Å². The maximum atomic E-state index is 12.1. The van der Waals surface area contributed by atoms with Gasteiger partial charge in [0, 0.05) is 38.8 Å². The molecule has 1 saturated heterocycles. The lowest BCUT2D eigenvalue weighted by Gasteiger charge is -2.26. The number of nitrogens with zero attached hydrogens (tertiary/aromatic N) is 1. The van der Waals surface area contributed by atoms with E-state index in [-0.39, 0.29) is 24.0 Å². The Morgan fingerprint density at radius 2 is 2.05 bits per heavy atom. The van der Waals surface area contributed by atoms with E-state index in [4.69, 9.17) is 0 Å². The van der Waals surface area contributed by atoms with Gasteiger partial charge < -0.3 is 15.5 Å². The summed E-state index contributed by atoms with van der Waals surface area (Å²) in [6.07, 6.45) is 0.388. The molecular formula is C15H19N3O3. The lowest BCUT2D eigenvalue weighted by molar-refractivity contribution is -0.139. The van der Waals surface area contributed by atoms with Crippen molar-refractivity contribution in [1.29, 1.82) is 0 Å². The molecule has 1 aromatic rings. The van der Waals surface area contributed by atoms with Crippen LogP contribution in [0.25, 0.3) is 0 Å². The van der Waals surface area contributed by atoms with E-state index in [1.54, 1.807) is 24.1 Å². The van der Waals surface area contributed by atoms with Gasteiger partial charge in [-0.25, -0.2) is 0 Å². The number of hydrogen-bond acceptors (Lipinski definition) is 4. The Morgan fingerprint density at radius 3 is 2.76 bits per heavy atom. The summed E-state index contributed by atoms with van der Waals surface area (Å²) in [6, 6.07) is 7.22. The largest absolute Gasteiger partial charge is 0.387 e. The lowest BCUT2D eigenvalue weighted by atomic mass is 10.1. The summed E-state index contributed by atoms with van der Waals surface area (Å²) >= 11 is 0. The van der Waals surface area contributed by atoms with Gasteiger partial charge in [0.05, 0.1) is 12.0 Å². The molecule has 6 nitrogen and oxygen atoms in total. The average molecular weight is 289 g/mol. The number of nitrogens with one attached hydrogen (secondary N) is 2. The van der Waals surface area contributed by atoms with Gasteiger partial charge in [-0.1, -0.05) is 12.1 Å². The lowest BCUT2D eigenvalue weighted by Crippen LogP contribution is -2.43. The zero-order valence-corrected chi connectivity index (χ0v) is 12.0. The molecule has 2 N–H and O–H groups in total. The van der Waals surface area contributed by atoms with Crippen molar-refractivity contribution in [3.05, 3.63) is 29.8 Å². The summed E-state index contributed by atoms with van der Waals surface area (Å²) in [7, 11) is 1.76. The van der Waals surface area contributed by atoms with Crippen LogP contribution in [-0.4, -0.2) is 49.2 Å². The molecule has 2 rings (SSSR count). The van der Waals surface area contributed by atoms with Gasteiger partial charge in [-0.3, -0.25) is 14.4 Å². The van der Waals surface area contributed by atoms with Crippen LogP contribution in [0.4, 0.5) is 5.69 Å². The van der Waals surface area contributed by atoms with Crippen LogP contribution >= 0.6 is 0 Å². The van der Waals surface area contributed by atoms with Crippen LogP contribution in [0.1, 0.15) is 23.2 Å². The molecule has 0 aliphatic carbocycles. The van der Waals surface area contributed by atoms with Gasteiger partial charge in [0.1, 0.15) is 5.78 Å². The number of benzene rings is 1. The number of anilines is 1. The topological polar surface area (TPSA) is 78.5 Å². The quantitative estimate of drug-likeness (QED) is 0.780. The van der Waals surface area contributed by atoms with Crippen molar-refractivity contribution < 1.29 is 14.4 Å². The number of hydrogen-bond donors (Lipinski definition) is 2. The van der Waals surface area contributed by atoms with E-state index in [0.29, 0.717) is 31.6 Å². The summed E-state index contributed by atoms with van der Waals surface area (Å²) in [5.74, 6) is -0.347. The molecule has 21 heavy (non-hydrogen) atoms. The predicted octanol–water partition coefficient (Wildman–Crippen LogP) is 0.650. The maximum absolute atomic E-state index is 12.1. The van der Waals surface area contributed by atoms with Crippen LogP contribution in [0, 0.1) is 0 Å². The Kier molecular flexibility index (Phi) is 4.92. The molecule has 112 valence electrons. The van der Waals surface area contributed by atoms with Crippen molar-refractivity contribution in [3.63, 3.8) is 0 Å². The van der Waals surface area contributed by atoms with Gasteiger partial charge >= 0.3 is 0 Å². The molecule has 0 radical (unpaired) electrons. The molecule has 0 saturated carbocycles. The van der Waals surface area contributed by atoms with Gasteiger partial charge in [-0.05, 0) is 12.1 Å². The van der Waals surface area contributed by atoms with Crippen LogP contribution < -0.4 is 10.6 Å². The second kappa shape index (κ2) is 6.88. The molecule has 1 heterocycles. The fraction of sp³-hybridized carbons (Fsp3) is 0.400. The number of rotatable bonds is 5. The van der Waals surface area contributed by atoms with Crippen LogP contribution in [0.2, 0.25) is 0 Å². The van der Waals surface area contributed by atoms with E-state index in [9.17, 15) is 14.4 Å². The molecule has 1 aromatic carbocycles. The molecule has 2 amide bonds. The molecule has 1 aliphatic rings. The van der Waals surface area contributed by atoms with E-state index in [1.807, 2.05) is 12.1 Å². The van der Waals surface area contributed by atoms with Gasteiger partial charge in [-0.15, -0.1) is 0 Å². The molecule has 0 atom stereocenters. The summed E-state index contributed by atoms with van der Waals surface area (Å²) in [5.41, 5.74) is 1.33. The van der Waals surface area contributed by atoms with E-state index in [2.05, 4.69) is 10.6 Å². The number of likely N-dealkylation sites (tertiary alicyclic amines) is 1. The minimum atomic E-state index is -0.180. The highest BCUT2D eigenvalue weighted by Gasteiger charge is 2.23. The number of amides is 2. The fourth-order valence-electron chi connectivity index (χ4n) is 2.29. The number of ketones is 1. The summed E-state index contributed by atoms with van der Waals surface area (Å²) in [4.78, 5) is 36.5. The summed E-state index contributed by atoms with van der Waals surface area (Å²) < 4.78 is 0. The normalized spacial score (nSPS) is 15.0. The van der Waals surface area contributed by atoms with Crippen LogP contribution in [0.5, 0.6) is 0 Å². The Balaban J connectivity index is 1.84. The van der Waals surface area contributed by atoms with Crippen molar-refractivity contribution in [1.82, 2.24) is 10.2 Å². The van der Waals surface area contributed by atoms with E-state index in [1.165, 1.54) is 0 Å². The first-order chi connectivity index (χ1) is 10.1. The Morgan fingerprint density at radius 1 is 1.29 bits per heavy atom. The summed E-state index contributed by atoms with van der Waals surface area (Å²) in [5, 5.41) is 5.76. The second-order valence-electron chi connectivity index (χ2n) is 4.90. The molecule has 1 aliphatic heterocycles. The van der Waals surface area contributed by atoms with Crippen molar-refractivity contribution in [3.8, 4) is 0 Å². The third-order valence-electron chi connectivity index (χ3n) is 3.47. The van der Waals surface area contributed by atoms with Crippen LogP contribution in [-0.2, 0) is 9.59 Å². The third-order valence-corrected chi connectivity index (χ3v) is 3.47. The van der Waals surface area contributed by atoms with Crippen molar-refractivity contribution >= 4 is 23.3 Å². The number of para-hydroxylation sites is 1. The van der Waals surface area contributed by atoms with E-state index >= 15 is 0 Å². The van der Waals surface area contributed by atoms with Crippen LogP contribution in [0.3, 0.4) is 0 Å². The summed E-state index contributed by atoms with van der Waals surface area (Å²) in [6.45, 7) is 1.25. The van der Waals surface area contributed by atoms with Crippen molar-refractivity contribution in [2.24, 2.45) is 0 Å². The molecule has 0 spiro atoms. The number of carbonyl (C=O) groups excluding carboxylic acids is 3. The van der Waals surface area contributed by atoms with Crippen molar-refractivity contribution in [2.75, 3.05) is 32.0 Å². The monoisotopic (exact) mass is 289 g/mol. The highest BCUT2D eigenvalue weighted by atomic mass is 16.2. The van der Waals surface area contributed by atoms with E-state index < -0.39 is 0 Å². The first kappa shape index (κ1) is 15.0. The number of carbonyl (C=O) groups is 3. The average Bonchev–Trinajstić information content (AvgIpc) is 2.49. The molecule has 1 fully saturated rings. The zero-order valence-electron chi connectivity index (χ0n) is 12.0. The minimum Gasteiger partial charge on any atom is -0.387 e. The second-order valence-corrected chi connectivity index (χ2v) is 4.90. The van der Waals surface area contributed by atoms with Crippen molar-refractivity contribution in [2.45, 2.75) is 12.8 Å². The Bertz CT molecular complexity index is 557. The smallest absolute Gasteiger partial charge is 0.253 e. The molecule has 0 unspecified atom stereocenters. The fourth-order valence-corrected chi connectivity index (χ4v) is 2.29. The Labute approximate surface area is 123 Å². The molecule has 6 heteroatoms. The molecular weight excluding hydrogens is 270 g/mol. The van der Waals surface area contributed by atoms with Gasteiger partial charge in [0.15, 0.2) is 0 Å². The van der Waals surface area contributed by atoms with Gasteiger partial charge in [0.2, 0.25) is 5.91 Å². The van der Waals surface area contributed by atoms with E-state index in [0.717, 1.165) is 5.69 Å². The number of Topliss-reactive ketones (excluding diaryl/α,β-unsaturated/α-hetero) is 1. The molecule has 0 bridgehead atoms. The third kappa shape index (κ3) is 3.81. The SMILES string of the molecule is CNc1ccccc1C(=O)NCCN1CCC(=O)CC1=O. The first-order valence-electron chi connectivity index (χ1n) is 6.96. The maximum Gasteiger partial charge on any atom is 0.253 e. The molecule has 0 aromatic heterocycles. The highest BCUT2D eigenvalue weighted by molar-refractivity contribution is 6.00. The van der Waals surface area contributed by atoms with Gasteiger partial charge in [0.25, 0.3) is 5.91 Å². The zero-order chi connectivity index (χ0) is 15.2. The highest BCUT2D eigenvalue weighted by Crippen LogP contribution is 2.13. The minimum absolute atomic E-state index is 0.0109. The standard InChI is InChI=1S/C15H19N3O3/c1-16-13-5-3-2-4-12(13)15(21)17-7-9-18-8-6-11(19)10-14(18)20/h2-5,16H,6-10H2,1H3,(H,17,21).